The molecule has 1 saturated heterocycles. The molecule has 0 spiro atoms. The van der Waals surface area contributed by atoms with Crippen molar-refractivity contribution in [2.24, 2.45) is 13.0 Å². The standard InChI is InChI=1S/C17H28N4O2/c1-20-16(18-19-17(20)12-6-7-12)10-21-8-9-23-11-14(21)13-4-3-5-15(13)22-2/h12-15H,3-11H2,1-2H3/t13-,14+,15+/m0/s1. The molecule has 1 aromatic rings. The van der Waals surface area contributed by atoms with Gasteiger partial charge in [-0.05, 0) is 25.7 Å². The van der Waals surface area contributed by atoms with E-state index >= 15 is 0 Å². The van der Waals surface area contributed by atoms with Crippen molar-refractivity contribution in [1.82, 2.24) is 19.7 Å². The minimum Gasteiger partial charge on any atom is -0.381 e. The average Bonchev–Trinajstić information content (AvgIpc) is 3.19. The number of rotatable bonds is 5. The third-order valence-corrected chi connectivity index (χ3v) is 5.87. The van der Waals surface area contributed by atoms with Crippen LogP contribution in [-0.2, 0) is 23.1 Å². The van der Waals surface area contributed by atoms with Crippen LogP contribution in [-0.4, -0.2) is 58.7 Å². The van der Waals surface area contributed by atoms with Gasteiger partial charge in [-0.1, -0.05) is 6.42 Å². The van der Waals surface area contributed by atoms with Crippen molar-refractivity contribution >= 4 is 0 Å². The molecule has 2 saturated carbocycles. The van der Waals surface area contributed by atoms with Gasteiger partial charge < -0.3 is 14.0 Å². The second-order valence-corrected chi connectivity index (χ2v) is 7.29. The van der Waals surface area contributed by atoms with Gasteiger partial charge in [0.05, 0.1) is 25.9 Å². The van der Waals surface area contributed by atoms with Crippen molar-refractivity contribution in [3.05, 3.63) is 11.6 Å². The summed E-state index contributed by atoms with van der Waals surface area (Å²) >= 11 is 0. The van der Waals surface area contributed by atoms with E-state index in [0.717, 1.165) is 32.1 Å². The van der Waals surface area contributed by atoms with Crippen LogP contribution in [0.4, 0.5) is 0 Å². The monoisotopic (exact) mass is 320 g/mol. The normalized spacial score (nSPS) is 32.5. The molecular weight excluding hydrogens is 292 g/mol. The summed E-state index contributed by atoms with van der Waals surface area (Å²) in [7, 11) is 3.97. The molecule has 2 aliphatic carbocycles. The lowest BCUT2D eigenvalue weighted by molar-refractivity contribution is -0.0618. The molecule has 3 atom stereocenters. The predicted octanol–water partition coefficient (Wildman–Crippen LogP) is 1.71. The second-order valence-electron chi connectivity index (χ2n) is 7.29. The summed E-state index contributed by atoms with van der Waals surface area (Å²) in [5, 5.41) is 8.90. The van der Waals surface area contributed by atoms with Crippen molar-refractivity contribution in [2.75, 3.05) is 26.9 Å². The first-order valence-electron chi connectivity index (χ1n) is 9.00. The Hall–Kier alpha value is -0.980. The Morgan fingerprint density at radius 2 is 2.09 bits per heavy atom. The van der Waals surface area contributed by atoms with E-state index in [9.17, 15) is 0 Å². The molecule has 0 radical (unpaired) electrons. The summed E-state index contributed by atoms with van der Waals surface area (Å²) in [5.41, 5.74) is 0. The fourth-order valence-electron chi connectivity index (χ4n) is 4.33. The van der Waals surface area contributed by atoms with Gasteiger partial charge in [0, 0.05) is 38.6 Å². The summed E-state index contributed by atoms with van der Waals surface area (Å²) in [4.78, 5) is 2.55. The molecule has 0 aromatic carbocycles. The zero-order valence-corrected chi connectivity index (χ0v) is 14.3. The van der Waals surface area contributed by atoms with Crippen LogP contribution in [0.2, 0.25) is 0 Å². The number of aromatic nitrogens is 3. The summed E-state index contributed by atoms with van der Waals surface area (Å²) in [6, 6.07) is 0.442. The highest BCUT2D eigenvalue weighted by atomic mass is 16.5. The Morgan fingerprint density at radius 3 is 2.87 bits per heavy atom. The van der Waals surface area contributed by atoms with E-state index in [0.29, 0.717) is 24.0 Å². The van der Waals surface area contributed by atoms with Crippen molar-refractivity contribution in [2.45, 2.75) is 56.7 Å². The molecule has 23 heavy (non-hydrogen) atoms. The maximum atomic E-state index is 5.80. The van der Waals surface area contributed by atoms with Crippen LogP contribution in [0.1, 0.15) is 49.7 Å². The predicted molar refractivity (Wildman–Crippen MR) is 86.1 cm³/mol. The second kappa shape index (κ2) is 6.49. The first kappa shape index (κ1) is 15.5. The van der Waals surface area contributed by atoms with E-state index in [1.54, 1.807) is 0 Å². The third-order valence-electron chi connectivity index (χ3n) is 5.87. The molecule has 4 rings (SSSR count). The van der Waals surface area contributed by atoms with Gasteiger partial charge in [0.15, 0.2) is 0 Å². The van der Waals surface area contributed by atoms with E-state index in [-0.39, 0.29) is 0 Å². The molecule has 3 aliphatic rings. The van der Waals surface area contributed by atoms with Crippen LogP contribution < -0.4 is 0 Å². The maximum Gasteiger partial charge on any atom is 0.146 e. The Labute approximate surface area is 138 Å². The first-order valence-corrected chi connectivity index (χ1v) is 9.00. The molecule has 6 nitrogen and oxygen atoms in total. The summed E-state index contributed by atoms with van der Waals surface area (Å²) in [6.45, 7) is 3.48. The molecule has 128 valence electrons. The molecule has 0 amide bonds. The van der Waals surface area contributed by atoms with Gasteiger partial charge in [-0.3, -0.25) is 4.90 Å². The lowest BCUT2D eigenvalue weighted by Gasteiger charge is -2.40. The van der Waals surface area contributed by atoms with Crippen molar-refractivity contribution in [3.63, 3.8) is 0 Å². The third kappa shape index (κ3) is 3.04. The van der Waals surface area contributed by atoms with Gasteiger partial charge in [-0.15, -0.1) is 10.2 Å². The first-order chi connectivity index (χ1) is 11.3. The average molecular weight is 320 g/mol. The van der Waals surface area contributed by atoms with Crippen LogP contribution in [0.3, 0.4) is 0 Å². The lowest BCUT2D eigenvalue weighted by Crippen LogP contribution is -2.51. The molecular formula is C17H28N4O2. The Balaban J connectivity index is 1.49. The van der Waals surface area contributed by atoms with E-state index in [2.05, 4.69) is 26.7 Å². The number of nitrogens with zero attached hydrogens (tertiary/aromatic N) is 4. The van der Waals surface area contributed by atoms with Gasteiger partial charge in [0.25, 0.3) is 0 Å². The highest BCUT2D eigenvalue weighted by Crippen LogP contribution is 2.39. The van der Waals surface area contributed by atoms with Gasteiger partial charge in [-0.25, -0.2) is 0 Å². The number of morpholine rings is 1. The largest absolute Gasteiger partial charge is 0.381 e. The van der Waals surface area contributed by atoms with E-state index in [1.807, 2.05) is 7.11 Å². The van der Waals surface area contributed by atoms with Crippen molar-refractivity contribution < 1.29 is 9.47 Å². The van der Waals surface area contributed by atoms with Gasteiger partial charge in [0.2, 0.25) is 0 Å². The number of methoxy groups -OCH3 is 1. The fraction of sp³-hybridized carbons (Fsp3) is 0.882. The Bertz CT molecular complexity index is 543. The van der Waals surface area contributed by atoms with E-state index in [1.165, 1.54) is 37.9 Å². The van der Waals surface area contributed by atoms with E-state index < -0.39 is 0 Å². The molecule has 1 aliphatic heterocycles. The minimum absolute atomic E-state index is 0.380. The number of ether oxygens (including phenoxy) is 2. The SMILES string of the molecule is CO[C@@H]1CCC[C@H]1[C@H]1COCCN1Cc1nnc(C2CC2)n1C. The van der Waals surface area contributed by atoms with Crippen LogP contribution in [0.15, 0.2) is 0 Å². The molecule has 0 N–H and O–H groups in total. The van der Waals surface area contributed by atoms with Gasteiger partial charge >= 0.3 is 0 Å². The summed E-state index contributed by atoms with van der Waals surface area (Å²) in [6.07, 6.45) is 6.61. The summed E-state index contributed by atoms with van der Waals surface area (Å²) in [5.74, 6) is 3.48. The minimum atomic E-state index is 0.380. The van der Waals surface area contributed by atoms with Crippen LogP contribution in [0.5, 0.6) is 0 Å². The van der Waals surface area contributed by atoms with Gasteiger partial charge in [-0.2, -0.15) is 0 Å². The molecule has 1 aromatic heterocycles. The van der Waals surface area contributed by atoms with Crippen molar-refractivity contribution in [3.8, 4) is 0 Å². The van der Waals surface area contributed by atoms with Gasteiger partial charge in [0.1, 0.15) is 11.6 Å². The Kier molecular flexibility index (Phi) is 4.39. The summed E-state index contributed by atoms with van der Waals surface area (Å²) < 4.78 is 13.7. The number of hydrogen-bond acceptors (Lipinski definition) is 5. The van der Waals surface area contributed by atoms with E-state index in [4.69, 9.17) is 9.47 Å². The highest BCUT2D eigenvalue weighted by Gasteiger charge is 2.39. The van der Waals surface area contributed by atoms with Crippen LogP contribution in [0, 0.1) is 5.92 Å². The Morgan fingerprint density at radius 1 is 1.22 bits per heavy atom. The highest BCUT2D eigenvalue weighted by molar-refractivity contribution is 5.08. The molecule has 0 bridgehead atoms. The molecule has 6 heteroatoms. The molecule has 3 fully saturated rings. The lowest BCUT2D eigenvalue weighted by atomic mass is 9.94. The topological polar surface area (TPSA) is 52.4 Å². The quantitative estimate of drug-likeness (QED) is 0.827. The zero-order chi connectivity index (χ0) is 15.8. The van der Waals surface area contributed by atoms with Crippen LogP contribution in [0.25, 0.3) is 0 Å². The van der Waals surface area contributed by atoms with Crippen molar-refractivity contribution in [1.29, 1.82) is 0 Å². The molecule has 0 unspecified atom stereocenters. The fourth-order valence-corrected chi connectivity index (χ4v) is 4.33. The maximum absolute atomic E-state index is 5.80. The smallest absolute Gasteiger partial charge is 0.146 e. The molecule has 2 heterocycles. The number of hydrogen-bond donors (Lipinski definition) is 0. The zero-order valence-electron chi connectivity index (χ0n) is 14.3. The van der Waals surface area contributed by atoms with Crippen LogP contribution >= 0.6 is 0 Å².